The van der Waals surface area contributed by atoms with E-state index in [9.17, 15) is 4.79 Å². The van der Waals surface area contributed by atoms with Crippen molar-refractivity contribution >= 4 is 11.9 Å². The second-order valence-electron chi connectivity index (χ2n) is 7.12. The molecule has 1 aliphatic rings. The average Bonchev–Trinajstić information content (AvgIpc) is 2.54. The molecule has 0 spiro atoms. The van der Waals surface area contributed by atoms with Crippen molar-refractivity contribution in [2.24, 2.45) is 0 Å². The van der Waals surface area contributed by atoms with Crippen LogP contribution < -0.4 is 0 Å². The van der Waals surface area contributed by atoms with E-state index >= 15 is 0 Å². The Bertz CT molecular complexity index is 617. The summed E-state index contributed by atoms with van der Waals surface area (Å²) in [5, 5.41) is 0. The number of fused-ring (bicyclic) bond motifs is 1. The summed E-state index contributed by atoms with van der Waals surface area (Å²) in [7, 11) is 0. The Kier molecular flexibility index (Phi) is 5.98. The fraction of sp³-hybridized carbons (Fsp3) is 0.500. The second-order valence-corrected chi connectivity index (χ2v) is 7.12. The Hall–Kier alpha value is -1.63. The minimum Gasteiger partial charge on any atom is -0.294 e. The smallest absolute Gasteiger partial charge is 0.169 e. The molecule has 0 saturated heterocycles. The summed E-state index contributed by atoms with van der Waals surface area (Å²) in [6.07, 6.45) is 10.9. The summed E-state index contributed by atoms with van der Waals surface area (Å²) >= 11 is 0. The zero-order valence-corrected chi connectivity index (χ0v) is 15.1. The largest absolute Gasteiger partial charge is 0.294 e. The molecule has 23 heavy (non-hydrogen) atoms. The Morgan fingerprint density at radius 1 is 1.13 bits per heavy atom. The molecule has 0 saturated carbocycles. The van der Waals surface area contributed by atoms with Gasteiger partial charge in [0.15, 0.2) is 5.78 Å². The van der Waals surface area contributed by atoms with Crippen LogP contribution in [0.1, 0.15) is 77.3 Å². The lowest BCUT2D eigenvalue weighted by molar-refractivity contribution is -0.121. The molecule has 2 rings (SSSR count). The number of allylic oxidation sites excluding steroid dienone is 3. The molecule has 1 atom stereocenters. The lowest BCUT2D eigenvalue weighted by Gasteiger charge is -2.37. The van der Waals surface area contributed by atoms with Gasteiger partial charge in [-0.05, 0) is 56.4 Å². The van der Waals surface area contributed by atoms with Crippen molar-refractivity contribution in [3.8, 4) is 0 Å². The summed E-state index contributed by atoms with van der Waals surface area (Å²) in [4.78, 5) is 13.2. The molecule has 124 valence electrons. The van der Waals surface area contributed by atoms with Crippen molar-refractivity contribution in [3.63, 3.8) is 0 Å². The molecule has 1 aromatic carbocycles. The van der Waals surface area contributed by atoms with Crippen LogP contribution in [0.2, 0.25) is 0 Å². The predicted molar refractivity (Wildman–Crippen MR) is 99.6 cm³/mol. The molecule has 1 nitrogen and oxygen atoms in total. The van der Waals surface area contributed by atoms with Crippen molar-refractivity contribution in [1.29, 1.82) is 0 Å². The lowest BCUT2D eigenvalue weighted by atomic mass is 9.64. The number of unbranched alkanes of at least 4 members (excludes halogenated alkanes) is 3. The van der Waals surface area contributed by atoms with E-state index in [0.717, 1.165) is 24.8 Å². The number of hydrogen-bond donors (Lipinski definition) is 0. The van der Waals surface area contributed by atoms with Crippen LogP contribution in [0.15, 0.2) is 41.5 Å². The number of ketones is 1. The number of benzene rings is 1. The second kappa shape index (κ2) is 7.77. The highest BCUT2D eigenvalue weighted by Crippen LogP contribution is 2.43. The number of carbonyl (C=O) groups is 1. The van der Waals surface area contributed by atoms with E-state index in [-0.39, 0.29) is 5.41 Å². The van der Waals surface area contributed by atoms with E-state index in [4.69, 9.17) is 0 Å². The third-order valence-electron chi connectivity index (χ3n) is 4.96. The minimum absolute atomic E-state index is 0.324. The quantitative estimate of drug-likeness (QED) is 0.430. The molecule has 0 fully saturated rings. The monoisotopic (exact) mass is 310 g/mol. The van der Waals surface area contributed by atoms with Crippen LogP contribution in [0.5, 0.6) is 0 Å². The Morgan fingerprint density at radius 3 is 2.57 bits per heavy atom. The fourth-order valence-corrected chi connectivity index (χ4v) is 3.64. The van der Waals surface area contributed by atoms with Crippen molar-refractivity contribution < 1.29 is 4.79 Å². The number of rotatable bonds is 7. The molecule has 1 unspecified atom stereocenters. The van der Waals surface area contributed by atoms with Crippen LogP contribution in [0.4, 0.5) is 0 Å². The summed E-state index contributed by atoms with van der Waals surface area (Å²) in [6.45, 7) is 8.44. The molecule has 1 aromatic rings. The van der Waals surface area contributed by atoms with Gasteiger partial charge < -0.3 is 0 Å². The zero-order valence-electron chi connectivity index (χ0n) is 15.1. The van der Waals surface area contributed by atoms with Crippen LogP contribution in [-0.2, 0) is 10.2 Å². The van der Waals surface area contributed by atoms with Crippen molar-refractivity contribution in [1.82, 2.24) is 0 Å². The van der Waals surface area contributed by atoms with Gasteiger partial charge in [-0.3, -0.25) is 4.79 Å². The summed E-state index contributed by atoms with van der Waals surface area (Å²) in [5.74, 6) is 0.324. The van der Waals surface area contributed by atoms with Gasteiger partial charge >= 0.3 is 0 Å². The Morgan fingerprint density at radius 2 is 1.87 bits per heavy atom. The van der Waals surface area contributed by atoms with Crippen molar-refractivity contribution in [2.45, 2.75) is 71.6 Å². The van der Waals surface area contributed by atoms with Crippen molar-refractivity contribution in [2.75, 3.05) is 0 Å². The zero-order chi connectivity index (χ0) is 16.9. The van der Waals surface area contributed by atoms with Gasteiger partial charge in [-0.1, -0.05) is 68.5 Å². The molecule has 0 radical (unpaired) electrons. The number of Topliss-reactive ketones (excluding diaryl/α,β-unsaturated/α-hetero) is 1. The van der Waals surface area contributed by atoms with Gasteiger partial charge in [0.1, 0.15) is 0 Å². The first-order valence-corrected chi connectivity index (χ1v) is 8.97. The third kappa shape index (κ3) is 3.83. The lowest BCUT2D eigenvalue weighted by Crippen LogP contribution is -2.39. The maximum Gasteiger partial charge on any atom is 0.169 e. The first-order chi connectivity index (χ1) is 11.0. The highest BCUT2D eigenvalue weighted by atomic mass is 16.1. The molecular weight excluding hydrogens is 280 g/mol. The maximum atomic E-state index is 13.2. The SMILES string of the molecule is CCCCCCC1(CC=C(C)C)C(=O)C(C)=Cc2ccccc21. The minimum atomic E-state index is -0.361. The molecule has 1 heteroatoms. The van der Waals surface area contributed by atoms with Crippen LogP contribution in [0, 0.1) is 0 Å². The fourth-order valence-electron chi connectivity index (χ4n) is 3.64. The molecular formula is C22H30O. The van der Waals surface area contributed by atoms with Crippen LogP contribution in [0.3, 0.4) is 0 Å². The maximum absolute atomic E-state index is 13.2. The Labute approximate surface area is 141 Å². The molecule has 0 aliphatic heterocycles. The number of carbonyl (C=O) groups excluding carboxylic acids is 1. The molecule has 0 bridgehead atoms. The van der Waals surface area contributed by atoms with Gasteiger partial charge in [0.05, 0.1) is 5.41 Å². The van der Waals surface area contributed by atoms with Crippen LogP contribution in [0.25, 0.3) is 6.08 Å². The summed E-state index contributed by atoms with van der Waals surface area (Å²) in [5.41, 5.74) is 4.28. The topological polar surface area (TPSA) is 17.1 Å². The highest BCUT2D eigenvalue weighted by molar-refractivity contribution is 6.09. The van der Waals surface area contributed by atoms with Gasteiger partial charge in [-0.2, -0.15) is 0 Å². The molecule has 0 heterocycles. The molecule has 0 N–H and O–H groups in total. The van der Waals surface area contributed by atoms with E-state index in [0.29, 0.717) is 5.78 Å². The van der Waals surface area contributed by atoms with Gasteiger partial charge in [0.2, 0.25) is 0 Å². The molecule has 0 amide bonds. The first kappa shape index (κ1) is 17.7. The van der Waals surface area contributed by atoms with E-state index < -0.39 is 0 Å². The number of hydrogen-bond acceptors (Lipinski definition) is 1. The standard InChI is InChI=1S/C22H30O/c1-5-6-7-10-14-22(15-13-17(2)3)20-12-9-8-11-19(20)16-18(4)21(22)23/h8-9,11-13,16H,5-7,10,14-15H2,1-4H3. The van der Waals surface area contributed by atoms with Gasteiger partial charge in [-0.25, -0.2) is 0 Å². The third-order valence-corrected chi connectivity index (χ3v) is 4.96. The Balaban J connectivity index is 2.43. The molecule has 1 aliphatic carbocycles. The summed E-state index contributed by atoms with van der Waals surface area (Å²) < 4.78 is 0. The predicted octanol–water partition coefficient (Wildman–Crippen LogP) is 6.24. The van der Waals surface area contributed by atoms with Crippen LogP contribution in [-0.4, -0.2) is 5.78 Å². The highest BCUT2D eigenvalue weighted by Gasteiger charge is 2.42. The van der Waals surface area contributed by atoms with Crippen molar-refractivity contribution in [3.05, 3.63) is 52.6 Å². The first-order valence-electron chi connectivity index (χ1n) is 8.97. The normalized spacial score (nSPS) is 20.0. The van der Waals surface area contributed by atoms with E-state index in [1.807, 2.05) is 6.92 Å². The van der Waals surface area contributed by atoms with Gasteiger partial charge in [-0.15, -0.1) is 0 Å². The van der Waals surface area contributed by atoms with E-state index in [1.54, 1.807) is 0 Å². The molecule has 0 aromatic heterocycles. The van der Waals surface area contributed by atoms with Gasteiger partial charge in [0.25, 0.3) is 0 Å². The van der Waals surface area contributed by atoms with Crippen LogP contribution >= 0.6 is 0 Å². The average molecular weight is 310 g/mol. The summed E-state index contributed by atoms with van der Waals surface area (Å²) in [6, 6.07) is 8.45. The van der Waals surface area contributed by atoms with E-state index in [2.05, 4.69) is 57.2 Å². The van der Waals surface area contributed by atoms with Gasteiger partial charge in [0, 0.05) is 0 Å². The van der Waals surface area contributed by atoms with E-state index in [1.165, 1.54) is 36.0 Å².